The molecule has 1 fully saturated rings. The van der Waals surface area contributed by atoms with Gasteiger partial charge in [-0.15, -0.1) is 11.6 Å². The van der Waals surface area contributed by atoms with Crippen molar-refractivity contribution in [3.05, 3.63) is 17.5 Å². The van der Waals surface area contributed by atoms with E-state index in [1.807, 2.05) is 0 Å². The van der Waals surface area contributed by atoms with Crippen molar-refractivity contribution in [1.29, 1.82) is 0 Å². The number of rotatable bonds is 4. The Labute approximate surface area is 116 Å². The third-order valence-corrected chi connectivity index (χ3v) is 4.91. The van der Waals surface area contributed by atoms with Gasteiger partial charge < -0.3 is 0 Å². The van der Waals surface area contributed by atoms with Crippen LogP contribution in [0.4, 0.5) is 0 Å². The van der Waals surface area contributed by atoms with Gasteiger partial charge in [0, 0.05) is 17.6 Å². The molecule has 0 bridgehead atoms. The molecule has 1 aromatic heterocycles. The second kappa shape index (κ2) is 6.10. The number of aromatic nitrogens is 2. The maximum Gasteiger partial charge on any atom is 0.0596 e. The lowest BCUT2D eigenvalue weighted by Gasteiger charge is -2.32. The van der Waals surface area contributed by atoms with Crippen LogP contribution in [0.15, 0.2) is 6.07 Å². The molecule has 1 aliphatic rings. The quantitative estimate of drug-likeness (QED) is 0.749. The van der Waals surface area contributed by atoms with Gasteiger partial charge in [0.25, 0.3) is 0 Å². The van der Waals surface area contributed by atoms with Crippen molar-refractivity contribution in [2.45, 2.75) is 64.8 Å². The molecule has 0 spiro atoms. The molecule has 0 aromatic carbocycles. The summed E-state index contributed by atoms with van der Waals surface area (Å²) in [6.45, 7) is 7.49. The lowest BCUT2D eigenvalue weighted by Crippen LogP contribution is -2.27. The number of hydrogen-bond donors (Lipinski definition) is 0. The molecule has 18 heavy (non-hydrogen) atoms. The summed E-state index contributed by atoms with van der Waals surface area (Å²) < 4.78 is 2.13. The standard InChI is InChI=1S/C15H25ClN2/c1-4-12-6-7-15(16)13(9-12)10-14-8-11(3)17-18(14)5-2/h8,12-13,15H,4-7,9-10H2,1-3H3. The predicted octanol–water partition coefficient (Wildman–Crippen LogP) is 4.19. The lowest BCUT2D eigenvalue weighted by atomic mass is 9.78. The first-order valence-corrected chi connectivity index (χ1v) is 7.75. The molecular weight excluding hydrogens is 244 g/mol. The Bertz CT molecular complexity index is 386. The second-order valence-electron chi connectivity index (χ2n) is 5.66. The minimum absolute atomic E-state index is 0.355. The SMILES string of the molecule is CCC1CCC(Cl)C(Cc2cc(C)nn2CC)C1. The molecule has 102 valence electrons. The summed E-state index contributed by atoms with van der Waals surface area (Å²) in [6.07, 6.45) is 6.18. The highest BCUT2D eigenvalue weighted by molar-refractivity contribution is 6.20. The maximum absolute atomic E-state index is 6.53. The zero-order chi connectivity index (χ0) is 13.1. The van der Waals surface area contributed by atoms with Gasteiger partial charge in [0.1, 0.15) is 0 Å². The monoisotopic (exact) mass is 268 g/mol. The van der Waals surface area contributed by atoms with Gasteiger partial charge in [0.15, 0.2) is 0 Å². The van der Waals surface area contributed by atoms with Gasteiger partial charge in [-0.05, 0) is 57.4 Å². The van der Waals surface area contributed by atoms with E-state index in [-0.39, 0.29) is 0 Å². The van der Waals surface area contributed by atoms with E-state index < -0.39 is 0 Å². The molecule has 1 saturated carbocycles. The molecule has 0 radical (unpaired) electrons. The highest BCUT2D eigenvalue weighted by atomic mass is 35.5. The molecule has 3 atom stereocenters. The zero-order valence-electron chi connectivity index (χ0n) is 11.8. The highest BCUT2D eigenvalue weighted by Gasteiger charge is 2.29. The summed E-state index contributed by atoms with van der Waals surface area (Å²) in [6, 6.07) is 2.22. The summed E-state index contributed by atoms with van der Waals surface area (Å²) in [5, 5.41) is 4.89. The summed E-state index contributed by atoms with van der Waals surface area (Å²) in [5.74, 6) is 1.51. The van der Waals surface area contributed by atoms with Crippen LogP contribution in [-0.4, -0.2) is 15.2 Å². The van der Waals surface area contributed by atoms with E-state index in [0.717, 1.165) is 24.6 Å². The van der Waals surface area contributed by atoms with Gasteiger partial charge in [-0.2, -0.15) is 5.10 Å². The average Bonchev–Trinajstić information content (AvgIpc) is 2.72. The Morgan fingerprint density at radius 2 is 2.17 bits per heavy atom. The Morgan fingerprint density at radius 1 is 1.39 bits per heavy atom. The van der Waals surface area contributed by atoms with Crippen molar-refractivity contribution in [3.63, 3.8) is 0 Å². The van der Waals surface area contributed by atoms with Crippen molar-refractivity contribution in [1.82, 2.24) is 9.78 Å². The molecule has 2 rings (SSSR count). The molecule has 3 heteroatoms. The Hall–Kier alpha value is -0.500. The summed E-state index contributed by atoms with van der Waals surface area (Å²) in [5.41, 5.74) is 2.49. The molecular formula is C15H25ClN2. The normalized spacial score (nSPS) is 28.6. The van der Waals surface area contributed by atoms with Crippen LogP contribution in [0.1, 0.15) is 50.9 Å². The minimum Gasteiger partial charge on any atom is -0.270 e. The lowest BCUT2D eigenvalue weighted by molar-refractivity contribution is 0.261. The third-order valence-electron chi connectivity index (χ3n) is 4.33. The van der Waals surface area contributed by atoms with E-state index in [2.05, 4.69) is 36.6 Å². The molecule has 0 saturated heterocycles. The molecule has 1 aliphatic carbocycles. The van der Waals surface area contributed by atoms with Crippen molar-refractivity contribution >= 4 is 11.6 Å². The fourth-order valence-corrected chi connectivity index (χ4v) is 3.53. The third kappa shape index (κ3) is 3.09. The Balaban J connectivity index is 2.06. The van der Waals surface area contributed by atoms with Crippen LogP contribution in [0.3, 0.4) is 0 Å². The molecule has 1 heterocycles. The van der Waals surface area contributed by atoms with Crippen LogP contribution in [0.5, 0.6) is 0 Å². The molecule has 0 N–H and O–H groups in total. The number of aryl methyl sites for hydroxylation is 2. The van der Waals surface area contributed by atoms with Crippen LogP contribution in [0, 0.1) is 18.8 Å². The van der Waals surface area contributed by atoms with Gasteiger partial charge in [-0.25, -0.2) is 0 Å². The van der Waals surface area contributed by atoms with E-state index >= 15 is 0 Å². The first-order chi connectivity index (χ1) is 8.63. The molecule has 3 unspecified atom stereocenters. The molecule has 1 aromatic rings. The van der Waals surface area contributed by atoms with Crippen molar-refractivity contribution in [3.8, 4) is 0 Å². The predicted molar refractivity (Wildman–Crippen MR) is 77.1 cm³/mol. The van der Waals surface area contributed by atoms with Gasteiger partial charge in [-0.1, -0.05) is 13.3 Å². The number of halogens is 1. The largest absolute Gasteiger partial charge is 0.270 e. The van der Waals surface area contributed by atoms with E-state index in [0.29, 0.717) is 11.3 Å². The minimum atomic E-state index is 0.355. The van der Waals surface area contributed by atoms with E-state index in [1.54, 1.807) is 0 Å². The van der Waals surface area contributed by atoms with Gasteiger partial charge in [0.05, 0.1) is 5.69 Å². The number of nitrogens with zero attached hydrogens (tertiary/aromatic N) is 2. The van der Waals surface area contributed by atoms with Gasteiger partial charge in [-0.3, -0.25) is 4.68 Å². The summed E-state index contributed by atoms with van der Waals surface area (Å²) in [4.78, 5) is 0. The molecule has 2 nitrogen and oxygen atoms in total. The number of alkyl halides is 1. The smallest absolute Gasteiger partial charge is 0.0596 e. The molecule has 0 amide bonds. The summed E-state index contributed by atoms with van der Waals surface area (Å²) >= 11 is 6.53. The van der Waals surface area contributed by atoms with E-state index in [9.17, 15) is 0 Å². The van der Waals surface area contributed by atoms with E-state index in [4.69, 9.17) is 11.6 Å². The average molecular weight is 269 g/mol. The van der Waals surface area contributed by atoms with Crippen LogP contribution in [0.2, 0.25) is 0 Å². The van der Waals surface area contributed by atoms with E-state index in [1.165, 1.54) is 31.4 Å². The van der Waals surface area contributed by atoms with Gasteiger partial charge >= 0.3 is 0 Å². The molecule has 0 aliphatic heterocycles. The van der Waals surface area contributed by atoms with Crippen LogP contribution in [-0.2, 0) is 13.0 Å². The number of hydrogen-bond acceptors (Lipinski definition) is 1. The van der Waals surface area contributed by atoms with Crippen molar-refractivity contribution in [2.24, 2.45) is 11.8 Å². The highest BCUT2D eigenvalue weighted by Crippen LogP contribution is 2.36. The second-order valence-corrected chi connectivity index (χ2v) is 6.22. The van der Waals surface area contributed by atoms with Crippen LogP contribution < -0.4 is 0 Å². The van der Waals surface area contributed by atoms with Crippen LogP contribution in [0.25, 0.3) is 0 Å². The maximum atomic E-state index is 6.53. The topological polar surface area (TPSA) is 17.8 Å². The first-order valence-electron chi connectivity index (χ1n) is 7.31. The van der Waals surface area contributed by atoms with Gasteiger partial charge in [0.2, 0.25) is 0 Å². The first kappa shape index (κ1) is 13.9. The fraction of sp³-hybridized carbons (Fsp3) is 0.800. The van der Waals surface area contributed by atoms with Crippen molar-refractivity contribution < 1.29 is 0 Å². The Kier molecular flexibility index (Phi) is 4.71. The fourth-order valence-electron chi connectivity index (χ4n) is 3.21. The van der Waals surface area contributed by atoms with Crippen molar-refractivity contribution in [2.75, 3.05) is 0 Å². The summed E-state index contributed by atoms with van der Waals surface area (Å²) in [7, 11) is 0. The van der Waals surface area contributed by atoms with Crippen LogP contribution >= 0.6 is 11.6 Å². The Morgan fingerprint density at radius 3 is 2.83 bits per heavy atom. The zero-order valence-corrected chi connectivity index (χ0v) is 12.6.